The largest absolute Gasteiger partial charge is 0.468 e. The highest BCUT2D eigenvalue weighted by Gasteiger charge is 2.37. The van der Waals surface area contributed by atoms with E-state index in [1.807, 2.05) is 0 Å². The number of hydrogen-bond donors (Lipinski definition) is 1. The molecule has 1 N–H and O–H groups in total. The molecule has 0 amide bonds. The number of carbonyl (C=O) groups is 1. The van der Waals surface area contributed by atoms with E-state index in [0.717, 1.165) is 4.90 Å². The van der Waals surface area contributed by atoms with E-state index < -0.39 is 19.9 Å². The van der Waals surface area contributed by atoms with Crippen LogP contribution >= 0.6 is 58.2 Å². The van der Waals surface area contributed by atoms with Gasteiger partial charge in [0.25, 0.3) is 0 Å². The molecule has 0 spiro atoms. The van der Waals surface area contributed by atoms with Crippen molar-refractivity contribution < 1.29 is 17.9 Å². The Morgan fingerprint density at radius 3 is 2.18 bits per heavy atom. The number of benzene rings is 2. The zero-order chi connectivity index (χ0) is 20.9. The molecule has 0 saturated heterocycles. The molecule has 2 rings (SSSR count). The summed E-state index contributed by atoms with van der Waals surface area (Å²) in [6.07, 6.45) is 0. The minimum absolute atomic E-state index is 0.0126. The molecule has 0 aromatic heterocycles. The smallest absolute Gasteiger partial charge is 0.315 e. The predicted octanol–water partition coefficient (Wildman–Crippen LogP) is 4.99. The summed E-state index contributed by atoms with van der Waals surface area (Å²) in [5, 5.41) is 0.400. The number of rotatable bonds is 7. The van der Waals surface area contributed by atoms with Crippen LogP contribution in [0.2, 0.25) is 5.02 Å². The molecule has 0 fully saturated rings. The van der Waals surface area contributed by atoms with Crippen LogP contribution in [-0.4, -0.2) is 31.0 Å². The summed E-state index contributed by atoms with van der Waals surface area (Å²) in [5.74, 6) is -0.212. The molecule has 2 aromatic rings. The maximum atomic E-state index is 12.7. The summed E-state index contributed by atoms with van der Waals surface area (Å²) < 4.78 is 30.4. The van der Waals surface area contributed by atoms with Gasteiger partial charge in [-0.2, -0.15) is 4.72 Å². The van der Waals surface area contributed by atoms with Crippen molar-refractivity contribution >= 4 is 74.2 Å². The summed E-state index contributed by atoms with van der Waals surface area (Å²) in [6.45, 7) is 0. The average Bonchev–Trinajstić information content (AvgIpc) is 2.64. The van der Waals surface area contributed by atoms with Crippen LogP contribution in [0.1, 0.15) is 11.6 Å². The second kappa shape index (κ2) is 9.89. The first-order chi connectivity index (χ1) is 13.0. The summed E-state index contributed by atoms with van der Waals surface area (Å²) in [6, 6.07) is 11.1. The van der Waals surface area contributed by atoms with Gasteiger partial charge in [-0.1, -0.05) is 58.5 Å². The Morgan fingerprint density at radius 2 is 1.68 bits per heavy atom. The van der Waals surface area contributed by atoms with E-state index in [4.69, 9.17) is 46.4 Å². The number of alkyl halides is 3. The third-order valence-corrected chi connectivity index (χ3v) is 6.85. The number of nitrogens with one attached hydrogen (secondary N) is 1. The van der Waals surface area contributed by atoms with Crippen molar-refractivity contribution in [3.63, 3.8) is 0 Å². The average molecular weight is 503 g/mol. The van der Waals surface area contributed by atoms with Crippen molar-refractivity contribution in [2.75, 3.05) is 12.9 Å². The Hall–Kier alpha value is -0.670. The van der Waals surface area contributed by atoms with Crippen molar-refractivity contribution in [1.29, 1.82) is 0 Å². The van der Waals surface area contributed by atoms with Crippen LogP contribution in [0.4, 0.5) is 0 Å². The minimum Gasteiger partial charge on any atom is -0.468 e. The minimum atomic E-state index is -3.97. The molecule has 11 heteroatoms. The first kappa shape index (κ1) is 23.6. The fourth-order valence-corrected chi connectivity index (χ4v) is 4.96. The fourth-order valence-electron chi connectivity index (χ4n) is 2.12. The Bertz CT molecular complexity index is 914. The monoisotopic (exact) mass is 501 g/mol. The van der Waals surface area contributed by atoms with Crippen LogP contribution in [0.15, 0.2) is 58.3 Å². The van der Waals surface area contributed by atoms with Crippen molar-refractivity contribution in [2.45, 2.75) is 19.6 Å². The molecule has 0 aliphatic carbocycles. The van der Waals surface area contributed by atoms with Gasteiger partial charge >= 0.3 is 5.97 Å². The van der Waals surface area contributed by atoms with Gasteiger partial charge in [-0.05, 0) is 42.0 Å². The lowest BCUT2D eigenvalue weighted by Crippen LogP contribution is -2.36. The third kappa shape index (κ3) is 6.69. The summed E-state index contributed by atoms with van der Waals surface area (Å²) in [4.78, 5) is 12.0. The Morgan fingerprint density at radius 1 is 1.11 bits per heavy atom. The lowest BCUT2D eigenvalue weighted by molar-refractivity contribution is -0.137. The van der Waals surface area contributed by atoms with Gasteiger partial charge in [0, 0.05) is 9.92 Å². The molecule has 0 unspecified atom stereocenters. The summed E-state index contributed by atoms with van der Waals surface area (Å²) in [7, 11) is -2.66. The Labute approximate surface area is 187 Å². The first-order valence-corrected chi connectivity index (χ1v) is 11.6. The van der Waals surface area contributed by atoms with E-state index in [-0.39, 0.29) is 16.6 Å². The van der Waals surface area contributed by atoms with Crippen LogP contribution in [0.5, 0.6) is 0 Å². The predicted molar refractivity (Wildman–Crippen MR) is 114 cm³/mol. The van der Waals surface area contributed by atoms with Crippen molar-refractivity contribution in [1.82, 2.24) is 4.72 Å². The topological polar surface area (TPSA) is 72.5 Å². The maximum Gasteiger partial charge on any atom is 0.315 e. The number of carbonyl (C=O) groups excluding carboxylic acids is 1. The van der Waals surface area contributed by atoms with Crippen molar-refractivity contribution in [3.8, 4) is 0 Å². The molecule has 5 nitrogen and oxygen atoms in total. The van der Waals surface area contributed by atoms with Gasteiger partial charge in [0.15, 0.2) is 0 Å². The van der Waals surface area contributed by atoms with Gasteiger partial charge < -0.3 is 4.74 Å². The van der Waals surface area contributed by atoms with Crippen molar-refractivity contribution in [2.24, 2.45) is 0 Å². The number of hydrogen-bond acceptors (Lipinski definition) is 5. The highest BCUT2D eigenvalue weighted by atomic mass is 35.6. The van der Waals surface area contributed by atoms with Gasteiger partial charge in [0.2, 0.25) is 13.8 Å². The number of methoxy groups -OCH3 is 1. The molecule has 0 heterocycles. The first-order valence-electron chi connectivity index (χ1n) is 7.67. The Kier molecular flexibility index (Phi) is 8.34. The molecular weight excluding hydrogens is 488 g/mol. The van der Waals surface area contributed by atoms with Crippen LogP contribution in [0.25, 0.3) is 0 Å². The zero-order valence-electron chi connectivity index (χ0n) is 14.4. The molecule has 28 heavy (non-hydrogen) atoms. The molecule has 0 aliphatic heterocycles. The quantitative estimate of drug-likeness (QED) is 0.328. The molecule has 0 saturated carbocycles. The van der Waals surface area contributed by atoms with E-state index in [1.54, 1.807) is 24.3 Å². The second-order valence-electron chi connectivity index (χ2n) is 5.48. The van der Waals surface area contributed by atoms with E-state index in [0.29, 0.717) is 10.6 Å². The second-order valence-corrected chi connectivity index (χ2v) is 11.1. The molecule has 152 valence electrons. The molecule has 0 radical (unpaired) electrons. The lowest BCUT2D eigenvalue weighted by atomic mass is 10.1. The molecule has 0 bridgehead atoms. The number of sulfonamides is 1. The highest BCUT2D eigenvalue weighted by Crippen LogP contribution is 2.41. The number of esters is 1. The van der Waals surface area contributed by atoms with Gasteiger partial charge in [-0.25, -0.2) is 8.42 Å². The fraction of sp³-hybridized carbons (Fsp3) is 0.235. The molecular formula is C17H15Cl4NO4S2. The van der Waals surface area contributed by atoms with Crippen LogP contribution in [-0.2, 0) is 19.6 Å². The van der Waals surface area contributed by atoms with E-state index in [9.17, 15) is 13.2 Å². The lowest BCUT2D eigenvalue weighted by Gasteiger charge is -2.26. The zero-order valence-corrected chi connectivity index (χ0v) is 19.0. The normalized spacial score (nSPS) is 13.2. The SMILES string of the molecule is COC(=O)CSc1ccc([C@H](NS(=O)(=O)c2ccc(Cl)cc2)C(Cl)(Cl)Cl)cc1. The van der Waals surface area contributed by atoms with Crippen LogP contribution < -0.4 is 4.72 Å². The van der Waals surface area contributed by atoms with E-state index in [2.05, 4.69) is 9.46 Å². The number of ether oxygens (including phenoxy) is 1. The molecule has 2 aromatic carbocycles. The third-order valence-electron chi connectivity index (χ3n) is 3.52. The standard InChI is InChI=1S/C17H15Cl4NO4S2/c1-26-15(23)10-27-13-6-2-11(3-7-13)16(17(19,20)21)22-28(24,25)14-8-4-12(18)5-9-14/h2-9,16,22H,10H2,1H3/t16-/m0/s1. The van der Waals surface area contributed by atoms with Gasteiger partial charge in [-0.15, -0.1) is 11.8 Å². The number of halogens is 4. The maximum absolute atomic E-state index is 12.7. The highest BCUT2D eigenvalue weighted by molar-refractivity contribution is 8.00. The molecule has 1 atom stereocenters. The summed E-state index contributed by atoms with van der Waals surface area (Å²) in [5.41, 5.74) is 0.444. The van der Waals surface area contributed by atoms with E-state index >= 15 is 0 Å². The van der Waals surface area contributed by atoms with Gasteiger partial charge in [-0.3, -0.25) is 4.79 Å². The van der Waals surface area contributed by atoms with Gasteiger partial charge in [0.1, 0.15) is 0 Å². The molecule has 0 aliphatic rings. The summed E-state index contributed by atoms with van der Waals surface area (Å²) >= 11 is 25.2. The number of thioether (sulfide) groups is 1. The van der Waals surface area contributed by atoms with E-state index in [1.165, 1.54) is 43.1 Å². The Balaban J connectivity index is 2.24. The van der Waals surface area contributed by atoms with Crippen LogP contribution in [0, 0.1) is 0 Å². The van der Waals surface area contributed by atoms with Crippen LogP contribution in [0.3, 0.4) is 0 Å². The van der Waals surface area contributed by atoms with Crippen molar-refractivity contribution in [3.05, 3.63) is 59.1 Å². The van der Waals surface area contributed by atoms with Gasteiger partial charge in [0.05, 0.1) is 23.8 Å².